The minimum atomic E-state index is -1.15. The molecule has 158 valence electrons. The van der Waals surface area contributed by atoms with Crippen molar-refractivity contribution in [3.63, 3.8) is 0 Å². The Morgan fingerprint density at radius 2 is 2.07 bits per heavy atom. The van der Waals surface area contributed by atoms with Crippen LogP contribution >= 0.6 is 0 Å². The Labute approximate surface area is 171 Å². The number of aromatic carboxylic acids is 1. The summed E-state index contributed by atoms with van der Waals surface area (Å²) in [7, 11) is 1.34. The Morgan fingerprint density at radius 3 is 2.73 bits per heavy atom. The van der Waals surface area contributed by atoms with Gasteiger partial charge >= 0.3 is 5.97 Å². The summed E-state index contributed by atoms with van der Waals surface area (Å²) in [6.45, 7) is 4.27. The molecule has 1 aliphatic rings. The van der Waals surface area contributed by atoms with Crippen LogP contribution in [-0.4, -0.2) is 75.7 Å². The SMILES string of the molecule is COc1cc(-c2onc(N3CCN(CCn4cncn4)CC3)c2C(=O)O)ccc1F. The molecule has 1 aromatic carbocycles. The van der Waals surface area contributed by atoms with E-state index in [0.717, 1.165) is 26.2 Å². The molecule has 4 rings (SSSR count). The standard InChI is InChI=1S/C19H21FN6O4/c1-29-15-10-13(2-3-14(15)20)17-16(19(27)28)18(23-30-17)25-7-4-24(5-8-25)6-9-26-12-21-11-22-26/h2-3,10-12H,4-9H2,1H3,(H,27,28). The Kier molecular flexibility index (Phi) is 5.61. The van der Waals surface area contributed by atoms with Gasteiger partial charge in [0.05, 0.1) is 13.7 Å². The molecule has 3 heterocycles. The van der Waals surface area contributed by atoms with Gasteiger partial charge in [0.25, 0.3) is 0 Å². The average Bonchev–Trinajstić information content (AvgIpc) is 3.43. The zero-order chi connectivity index (χ0) is 21.1. The number of hydrogen-bond donors (Lipinski definition) is 1. The molecule has 0 unspecified atom stereocenters. The Morgan fingerprint density at radius 1 is 1.27 bits per heavy atom. The third-order valence-corrected chi connectivity index (χ3v) is 5.08. The zero-order valence-corrected chi connectivity index (χ0v) is 16.4. The number of aromatic nitrogens is 4. The van der Waals surface area contributed by atoms with Crippen molar-refractivity contribution in [1.82, 2.24) is 24.8 Å². The van der Waals surface area contributed by atoms with Crippen LogP contribution in [0.1, 0.15) is 10.4 Å². The van der Waals surface area contributed by atoms with Gasteiger partial charge in [0.15, 0.2) is 28.7 Å². The molecule has 0 aliphatic carbocycles. The third kappa shape index (κ3) is 3.96. The largest absolute Gasteiger partial charge is 0.494 e. The summed E-state index contributed by atoms with van der Waals surface area (Å²) in [4.78, 5) is 20.1. The Hall–Kier alpha value is -3.47. The molecule has 10 nitrogen and oxygen atoms in total. The first kappa shape index (κ1) is 19.8. The van der Waals surface area contributed by atoms with E-state index in [1.165, 1.54) is 31.6 Å². The summed E-state index contributed by atoms with van der Waals surface area (Å²) >= 11 is 0. The van der Waals surface area contributed by atoms with Gasteiger partial charge in [-0.3, -0.25) is 9.58 Å². The number of piperazine rings is 1. The number of ether oxygens (including phenoxy) is 1. The summed E-state index contributed by atoms with van der Waals surface area (Å²) in [6.07, 6.45) is 3.18. The lowest BCUT2D eigenvalue weighted by Crippen LogP contribution is -2.47. The molecule has 2 aromatic heterocycles. The van der Waals surface area contributed by atoms with Gasteiger partial charge in [0, 0.05) is 38.3 Å². The van der Waals surface area contributed by atoms with E-state index in [4.69, 9.17) is 9.26 Å². The van der Waals surface area contributed by atoms with Gasteiger partial charge in [0.1, 0.15) is 12.7 Å². The molecule has 0 spiro atoms. The number of carboxylic acids is 1. The van der Waals surface area contributed by atoms with E-state index >= 15 is 0 Å². The molecule has 0 atom stereocenters. The van der Waals surface area contributed by atoms with Crippen LogP contribution in [0.15, 0.2) is 35.4 Å². The Balaban J connectivity index is 1.49. The number of methoxy groups -OCH3 is 1. The van der Waals surface area contributed by atoms with Crippen LogP contribution in [0.4, 0.5) is 10.2 Å². The second-order valence-corrected chi connectivity index (χ2v) is 6.85. The van der Waals surface area contributed by atoms with Crippen molar-refractivity contribution in [3.8, 4) is 17.1 Å². The molecule has 0 amide bonds. The second kappa shape index (κ2) is 8.49. The predicted octanol–water partition coefficient (Wildman–Crippen LogP) is 1.60. The van der Waals surface area contributed by atoms with Crippen LogP contribution in [0.2, 0.25) is 0 Å². The van der Waals surface area contributed by atoms with E-state index in [0.29, 0.717) is 18.7 Å². The molecule has 30 heavy (non-hydrogen) atoms. The fourth-order valence-corrected chi connectivity index (χ4v) is 3.46. The van der Waals surface area contributed by atoms with E-state index < -0.39 is 11.8 Å². The number of carbonyl (C=O) groups is 1. The maximum atomic E-state index is 13.7. The van der Waals surface area contributed by atoms with E-state index in [2.05, 4.69) is 20.1 Å². The summed E-state index contributed by atoms with van der Waals surface area (Å²) in [5, 5.41) is 17.9. The number of rotatable bonds is 7. The fraction of sp³-hybridized carbons (Fsp3) is 0.368. The van der Waals surface area contributed by atoms with Gasteiger partial charge < -0.3 is 19.3 Å². The highest BCUT2D eigenvalue weighted by atomic mass is 19.1. The molecule has 0 bridgehead atoms. The third-order valence-electron chi connectivity index (χ3n) is 5.08. The molecular weight excluding hydrogens is 395 g/mol. The summed E-state index contributed by atoms with van der Waals surface area (Å²) in [6, 6.07) is 4.04. The number of anilines is 1. The summed E-state index contributed by atoms with van der Waals surface area (Å²) < 4.78 is 25.9. The average molecular weight is 416 g/mol. The maximum Gasteiger partial charge on any atom is 0.343 e. The summed E-state index contributed by atoms with van der Waals surface area (Å²) in [5.41, 5.74) is 0.343. The lowest BCUT2D eigenvalue weighted by molar-refractivity contribution is 0.0697. The van der Waals surface area contributed by atoms with Crippen LogP contribution in [0.25, 0.3) is 11.3 Å². The fourth-order valence-electron chi connectivity index (χ4n) is 3.46. The predicted molar refractivity (Wildman–Crippen MR) is 104 cm³/mol. The van der Waals surface area contributed by atoms with E-state index in [9.17, 15) is 14.3 Å². The summed E-state index contributed by atoms with van der Waals surface area (Å²) in [5.74, 6) is -1.35. The van der Waals surface area contributed by atoms with E-state index in [1.54, 1.807) is 11.0 Å². The molecule has 0 saturated carbocycles. The lowest BCUT2D eigenvalue weighted by Gasteiger charge is -2.34. The quantitative estimate of drug-likeness (QED) is 0.614. The topological polar surface area (TPSA) is 110 Å². The van der Waals surface area contributed by atoms with Gasteiger partial charge in [-0.05, 0) is 18.2 Å². The minimum absolute atomic E-state index is 0.00258. The van der Waals surface area contributed by atoms with Crippen molar-refractivity contribution < 1.29 is 23.6 Å². The number of hydrogen-bond acceptors (Lipinski definition) is 8. The van der Waals surface area contributed by atoms with Crippen molar-refractivity contribution >= 4 is 11.8 Å². The molecule has 1 N–H and O–H groups in total. The first-order valence-electron chi connectivity index (χ1n) is 9.43. The molecule has 3 aromatic rings. The first-order chi connectivity index (χ1) is 14.6. The number of halogens is 1. The highest BCUT2D eigenvalue weighted by molar-refractivity contribution is 5.99. The van der Waals surface area contributed by atoms with Crippen LogP contribution in [0.5, 0.6) is 5.75 Å². The Bertz CT molecular complexity index is 1010. The molecule has 1 aliphatic heterocycles. The monoisotopic (exact) mass is 416 g/mol. The van der Waals surface area contributed by atoms with E-state index in [-0.39, 0.29) is 22.9 Å². The van der Waals surface area contributed by atoms with Gasteiger partial charge in [-0.15, -0.1) is 0 Å². The molecular formula is C19H21FN6O4. The van der Waals surface area contributed by atoms with Crippen LogP contribution < -0.4 is 9.64 Å². The molecule has 1 fully saturated rings. The van der Waals surface area contributed by atoms with Crippen LogP contribution in [0.3, 0.4) is 0 Å². The van der Waals surface area contributed by atoms with Crippen molar-refractivity contribution in [1.29, 1.82) is 0 Å². The number of nitrogens with zero attached hydrogens (tertiary/aromatic N) is 6. The second-order valence-electron chi connectivity index (χ2n) is 6.85. The maximum absolute atomic E-state index is 13.7. The number of carboxylic acid groups (broad SMARTS) is 1. The van der Waals surface area contributed by atoms with Gasteiger partial charge in [-0.2, -0.15) is 5.10 Å². The van der Waals surface area contributed by atoms with Crippen LogP contribution in [0, 0.1) is 5.82 Å². The van der Waals surface area contributed by atoms with Gasteiger partial charge in [-0.1, -0.05) is 5.16 Å². The zero-order valence-electron chi connectivity index (χ0n) is 16.4. The smallest absolute Gasteiger partial charge is 0.343 e. The van der Waals surface area contributed by atoms with Gasteiger partial charge in [-0.25, -0.2) is 14.2 Å². The molecule has 1 saturated heterocycles. The molecule has 11 heteroatoms. The highest BCUT2D eigenvalue weighted by Crippen LogP contribution is 2.34. The van der Waals surface area contributed by atoms with Crippen molar-refractivity contribution in [3.05, 3.63) is 42.2 Å². The highest BCUT2D eigenvalue weighted by Gasteiger charge is 2.29. The first-order valence-corrected chi connectivity index (χ1v) is 9.43. The lowest BCUT2D eigenvalue weighted by atomic mass is 10.1. The van der Waals surface area contributed by atoms with E-state index in [1.807, 2.05) is 4.90 Å². The van der Waals surface area contributed by atoms with Crippen LogP contribution in [-0.2, 0) is 6.54 Å². The molecule has 0 radical (unpaired) electrons. The number of benzene rings is 1. The van der Waals surface area contributed by atoms with Gasteiger partial charge in [0.2, 0.25) is 0 Å². The van der Waals surface area contributed by atoms with Crippen molar-refractivity contribution in [2.45, 2.75) is 6.54 Å². The van der Waals surface area contributed by atoms with Crippen molar-refractivity contribution in [2.75, 3.05) is 44.7 Å². The van der Waals surface area contributed by atoms with Crippen molar-refractivity contribution in [2.24, 2.45) is 0 Å². The normalized spacial score (nSPS) is 14.8. The minimum Gasteiger partial charge on any atom is -0.494 e.